The van der Waals surface area contributed by atoms with Crippen LogP contribution < -0.4 is 5.32 Å². The maximum atomic E-state index is 5.31. The Morgan fingerprint density at radius 1 is 1.42 bits per heavy atom. The second-order valence-electron chi connectivity index (χ2n) is 5.19. The standard InChI is InChI=1S/C15H19N3O/c1-3-10(2)16-9-14-17-15(18-19-14)13-8-11-6-4-5-7-12(11)13/h4-7,10,13,16H,3,8-9H2,1-2H3. The zero-order valence-corrected chi connectivity index (χ0v) is 11.4. The van der Waals surface area contributed by atoms with E-state index in [0.717, 1.165) is 18.7 Å². The second-order valence-corrected chi connectivity index (χ2v) is 5.19. The quantitative estimate of drug-likeness (QED) is 0.894. The highest BCUT2D eigenvalue weighted by Crippen LogP contribution is 2.38. The van der Waals surface area contributed by atoms with E-state index in [9.17, 15) is 0 Å². The molecule has 0 spiro atoms. The van der Waals surface area contributed by atoms with Crippen molar-refractivity contribution in [2.45, 2.75) is 45.2 Å². The number of aromatic nitrogens is 2. The lowest BCUT2D eigenvalue weighted by molar-refractivity contribution is 0.352. The van der Waals surface area contributed by atoms with Crippen LogP contribution in [0.1, 0.15) is 49.0 Å². The number of hydrogen-bond acceptors (Lipinski definition) is 4. The van der Waals surface area contributed by atoms with Gasteiger partial charge in [0.15, 0.2) is 5.82 Å². The third kappa shape index (κ3) is 2.40. The molecule has 0 saturated carbocycles. The van der Waals surface area contributed by atoms with Gasteiger partial charge in [0.2, 0.25) is 5.89 Å². The normalized spacial score (nSPS) is 18.7. The van der Waals surface area contributed by atoms with E-state index < -0.39 is 0 Å². The summed E-state index contributed by atoms with van der Waals surface area (Å²) in [5, 5.41) is 7.47. The average Bonchev–Trinajstić information content (AvgIpc) is 2.86. The minimum absolute atomic E-state index is 0.317. The van der Waals surface area contributed by atoms with Crippen molar-refractivity contribution in [1.82, 2.24) is 15.5 Å². The molecule has 1 aromatic heterocycles. The number of rotatable bonds is 5. The van der Waals surface area contributed by atoms with Crippen molar-refractivity contribution in [2.75, 3.05) is 0 Å². The molecule has 1 aromatic carbocycles. The van der Waals surface area contributed by atoms with E-state index in [0.29, 0.717) is 24.4 Å². The third-order valence-corrected chi connectivity index (χ3v) is 3.86. The van der Waals surface area contributed by atoms with Crippen molar-refractivity contribution >= 4 is 0 Å². The molecular formula is C15H19N3O. The average molecular weight is 257 g/mol. The first-order valence-electron chi connectivity index (χ1n) is 6.91. The molecule has 2 aromatic rings. The van der Waals surface area contributed by atoms with Crippen molar-refractivity contribution in [1.29, 1.82) is 0 Å². The van der Waals surface area contributed by atoms with E-state index in [1.165, 1.54) is 11.1 Å². The van der Waals surface area contributed by atoms with Crippen molar-refractivity contribution < 1.29 is 4.52 Å². The monoisotopic (exact) mass is 257 g/mol. The van der Waals surface area contributed by atoms with E-state index in [2.05, 4.69) is 53.6 Å². The Hall–Kier alpha value is -1.68. The molecule has 0 bridgehead atoms. The number of fused-ring (bicyclic) bond motifs is 1. The van der Waals surface area contributed by atoms with Crippen LogP contribution in [0.25, 0.3) is 0 Å². The third-order valence-electron chi connectivity index (χ3n) is 3.86. The van der Waals surface area contributed by atoms with Crippen LogP contribution in [0.5, 0.6) is 0 Å². The lowest BCUT2D eigenvalue weighted by atomic mass is 9.77. The maximum Gasteiger partial charge on any atom is 0.240 e. The van der Waals surface area contributed by atoms with Crippen LogP contribution in [0.2, 0.25) is 0 Å². The van der Waals surface area contributed by atoms with Crippen LogP contribution in [-0.4, -0.2) is 16.2 Å². The lowest BCUT2D eigenvalue weighted by Gasteiger charge is -2.27. The predicted molar refractivity (Wildman–Crippen MR) is 72.9 cm³/mol. The fraction of sp³-hybridized carbons (Fsp3) is 0.467. The fourth-order valence-corrected chi connectivity index (χ4v) is 2.38. The Labute approximate surface area is 113 Å². The van der Waals surface area contributed by atoms with Gasteiger partial charge in [-0.2, -0.15) is 4.98 Å². The van der Waals surface area contributed by atoms with E-state index in [-0.39, 0.29) is 0 Å². The summed E-state index contributed by atoms with van der Waals surface area (Å²) in [4.78, 5) is 4.50. The van der Waals surface area contributed by atoms with Gasteiger partial charge < -0.3 is 9.84 Å². The van der Waals surface area contributed by atoms with Crippen LogP contribution in [0.15, 0.2) is 28.8 Å². The molecule has 100 valence electrons. The van der Waals surface area contributed by atoms with Crippen LogP contribution in [0.3, 0.4) is 0 Å². The topological polar surface area (TPSA) is 51.0 Å². The highest BCUT2D eigenvalue weighted by molar-refractivity contribution is 5.43. The van der Waals surface area contributed by atoms with Crippen LogP contribution in [0, 0.1) is 0 Å². The zero-order chi connectivity index (χ0) is 13.2. The van der Waals surface area contributed by atoms with E-state index in [4.69, 9.17) is 4.52 Å². The number of nitrogens with one attached hydrogen (secondary N) is 1. The Kier molecular flexibility index (Phi) is 3.34. The summed E-state index contributed by atoms with van der Waals surface area (Å²) in [6.45, 7) is 4.96. The molecule has 3 rings (SSSR count). The van der Waals surface area contributed by atoms with Gasteiger partial charge >= 0.3 is 0 Å². The van der Waals surface area contributed by atoms with Gasteiger partial charge in [-0.05, 0) is 30.9 Å². The van der Waals surface area contributed by atoms with E-state index in [1.807, 2.05) is 0 Å². The minimum Gasteiger partial charge on any atom is -0.338 e. The Morgan fingerprint density at radius 2 is 2.26 bits per heavy atom. The van der Waals surface area contributed by atoms with Crippen LogP contribution >= 0.6 is 0 Å². The summed E-state index contributed by atoms with van der Waals surface area (Å²) in [7, 11) is 0. The molecule has 1 N–H and O–H groups in total. The largest absolute Gasteiger partial charge is 0.338 e. The molecule has 0 fully saturated rings. The summed E-state index contributed by atoms with van der Waals surface area (Å²) >= 11 is 0. The van der Waals surface area contributed by atoms with E-state index >= 15 is 0 Å². The van der Waals surface area contributed by atoms with Gasteiger partial charge in [-0.15, -0.1) is 0 Å². The summed E-state index contributed by atoms with van der Waals surface area (Å²) in [6.07, 6.45) is 2.12. The fourth-order valence-electron chi connectivity index (χ4n) is 2.38. The molecule has 4 nitrogen and oxygen atoms in total. The lowest BCUT2D eigenvalue weighted by Crippen LogP contribution is -2.24. The summed E-state index contributed by atoms with van der Waals surface area (Å²) in [6, 6.07) is 8.93. The molecule has 4 heteroatoms. The number of nitrogens with zero attached hydrogens (tertiary/aromatic N) is 2. The number of hydrogen-bond donors (Lipinski definition) is 1. The van der Waals surface area contributed by atoms with Crippen LogP contribution in [0.4, 0.5) is 0 Å². The van der Waals surface area contributed by atoms with Gasteiger partial charge in [-0.1, -0.05) is 36.3 Å². The molecule has 2 unspecified atom stereocenters. The molecule has 0 saturated heterocycles. The highest BCUT2D eigenvalue weighted by atomic mass is 16.5. The van der Waals surface area contributed by atoms with Crippen molar-refractivity contribution in [3.63, 3.8) is 0 Å². The first-order valence-corrected chi connectivity index (χ1v) is 6.91. The first kappa shape index (κ1) is 12.4. The Bertz CT molecular complexity index is 564. The molecule has 1 aliphatic carbocycles. The van der Waals surface area contributed by atoms with Crippen LogP contribution in [-0.2, 0) is 13.0 Å². The predicted octanol–water partition coefficient (Wildman–Crippen LogP) is 2.65. The van der Waals surface area contributed by atoms with Gasteiger partial charge in [-0.3, -0.25) is 0 Å². The Balaban J connectivity index is 1.67. The molecule has 1 aliphatic rings. The molecule has 19 heavy (non-hydrogen) atoms. The molecule has 0 aliphatic heterocycles. The highest BCUT2D eigenvalue weighted by Gasteiger charge is 2.30. The second kappa shape index (κ2) is 5.13. The zero-order valence-electron chi connectivity index (χ0n) is 11.4. The molecule has 0 amide bonds. The van der Waals surface area contributed by atoms with Gasteiger partial charge in [0.25, 0.3) is 0 Å². The maximum absolute atomic E-state index is 5.31. The SMILES string of the molecule is CCC(C)NCc1nc(C2Cc3ccccc32)no1. The molecule has 0 radical (unpaired) electrons. The van der Waals surface area contributed by atoms with Crippen molar-refractivity contribution in [3.8, 4) is 0 Å². The van der Waals surface area contributed by atoms with Crippen molar-refractivity contribution in [2.24, 2.45) is 0 Å². The molecular weight excluding hydrogens is 238 g/mol. The summed E-state index contributed by atoms with van der Waals surface area (Å²) < 4.78 is 5.31. The Morgan fingerprint density at radius 3 is 3.05 bits per heavy atom. The molecule has 1 heterocycles. The summed E-state index contributed by atoms with van der Waals surface area (Å²) in [5.41, 5.74) is 2.74. The summed E-state index contributed by atoms with van der Waals surface area (Å²) in [5.74, 6) is 1.82. The van der Waals surface area contributed by atoms with Gasteiger partial charge in [-0.25, -0.2) is 0 Å². The van der Waals surface area contributed by atoms with Gasteiger partial charge in [0.05, 0.1) is 12.5 Å². The van der Waals surface area contributed by atoms with Gasteiger partial charge in [0.1, 0.15) is 0 Å². The van der Waals surface area contributed by atoms with E-state index in [1.54, 1.807) is 0 Å². The van der Waals surface area contributed by atoms with Crippen molar-refractivity contribution in [3.05, 3.63) is 47.1 Å². The number of benzene rings is 1. The molecule has 2 atom stereocenters. The smallest absolute Gasteiger partial charge is 0.240 e. The van der Waals surface area contributed by atoms with Gasteiger partial charge in [0, 0.05) is 6.04 Å². The first-order chi connectivity index (χ1) is 9.28. The minimum atomic E-state index is 0.317.